The highest BCUT2D eigenvalue weighted by Gasteiger charge is 2.35. The largest absolute Gasteiger partial charge is 0.137 e. The zero-order valence-corrected chi connectivity index (χ0v) is 7.71. The summed E-state index contributed by atoms with van der Waals surface area (Å²) in [7, 11) is 2.90. The van der Waals surface area contributed by atoms with Gasteiger partial charge in [-0.15, -0.1) is 9.24 Å². The fourth-order valence-corrected chi connectivity index (χ4v) is 3.26. The third-order valence-electron chi connectivity index (χ3n) is 3.42. The topological polar surface area (TPSA) is 0 Å². The van der Waals surface area contributed by atoms with E-state index >= 15 is 0 Å². The summed E-state index contributed by atoms with van der Waals surface area (Å²) in [5.41, 5.74) is 0. The number of rotatable bonds is 1. The minimum atomic E-state index is 1.07. The van der Waals surface area contributed by atoms with E-state index in [1.54, 1.807) is 25.7 Å². The van der Waals surface area contributed by atoms with Gasteiger partial charge in [0.1, 0.15) is 0 Å². The minimum Gasteiger partial charge on any atom is -0.137 e. The molecule has 0 aliphatic heterocycles. The first-order chi connectivity index (χ1) is 4.90. The molecule has 1 heteroatoms. The first-order valence-corrected chi connectivity index (χ1v) is 5.42. The van der Waals surface area contributed by atoms with Gasteiger partial charge in [0, 0.05) is 0 Å². The molecule has 3 unspecified atom stereocenters. The SMILES string of the molecule is PCC1CC2CCCC2C1. The van der Waals surface area contributed by atoms with E-state index in [0.29, 0.717) is 0 Å². The van der Waals surface area contributed by atoms with E-state index in [9.17, 15) is 0 Å². The molecule has 0 bridgehead atoms. The average molecular weight is 156 g/mol. The molecular weight excluding hydrogens is 139 g/mol. The second kappa shape index (κ2) is 2.81. The molecule has 2 aliphatic rings. The Morgan fingerprint density at radius 3 is 2.20 bits per heavy atom. The molecule has 2 fully saturated rings. The lowest BCUT2D eigenvalue weighted by molar-refractivity contribution is 0.457. The van der Waals surface area contributed by atoms with Gasteiger partial charge in [-0.1, -0.05) is 19.3 Å². The summed E-state index contributed by atoms with van der Waals surface area (Å²) in [5, 5.41) is 0. The van der Waals surface area contributed by atoms with Gasteiger partial charge in [0.2, 0.25) is 0 Å². The van der Waals surface area contributed by atoms with Crippen LogP contribution in [0.15, 0.2) is 0 Å². The molecule has 2 aliphatic carbocycles. The predicted octanol–water partition coefficient (Wildman–Crippen LogP) is 2.69. The Kier molecular flexibility index (Phi) is 2.00. The first-order valence-electron chi connectivity index (χ1n) is 4.60. The lowest BCUT2D eigenvalue weighted by atomic mass is 10.0. The molecule has 0 saturated heterocycles. The van der Waals surface area contributed by atoms with E-state index in [2.05, 4.69) is 9.24 Å². The monoisotopic (exact) mass is 156 g/mol. The average Bonchev–Trinajstić information content (AvgIpc) is 2.42. The van der Waals surface area contributed by atoms with E-state index in [0.717, 1.165) is 17.8 Å². The van der Waals surface area contributed by atoms with Gasteiger partial charge < -0.3 is 0 Å². The van der Waals surface area contributed by atoms with Crippen molar-refractivity contribution in [3.8, 4) is 0 Å². The highest BCUT2D eigenvalue weighted by Crippen LogP contribution is 2.46. The van der Waals surface area contributed by atoms with Gasteiger partial charge in [0.15, 0.2) is 0 Å². The summed E-state index contributed by atoms with van der Waals surface area (Å²) in [5.74, 6) is 3.36. The Morgan fingerprint density at radius 1 is 1.10 bits per heavy atom. The van der Waals surface area contributed by atoms with E-state index < -0.39 is 0 Å². The van der Waals surface area contributed by atoms with Gasteiger partial charge in [0.05, 0.1) is 0 Å². The molecule has 0 heterocycles. The van der Waals surface area contributed by atoms with Crippen LogP contribution in [0.4, 0.5) is 0 Å². The van der Waals surface area contributed by atoms with Crippen LogP contribution >= 0.6 is 9.24 Å². The summed E-state index contributed by atoms with van der Waals surface area (Å²) >= 11 is 0. The fourth-order valence-electron chi connectivity index (χ4n) is 2.88. The fraction of sp³-hybridized carbons (Fsp3) is 1.00. The van der Waals surface area contributed by atoms with Gasteiger partial charge in [-0.2, -0.15) is 0 Å². The van der Waals surface area contributed by atoms with Gasteiger partial charge in [-0.05, 0) is 36.8 Å². The number of fused-ring (bicyclic) bond motifs is 1. The molecule has 0 radical (unpaired) electrons. The Bertz CT molecular complexity index is 110. The van der Waals surface area contributed by atoms with Crippen molar-refractivity contribution in [3.05, 3.63) is 0 Å². The second-order valence-electron chi connectivity index (χ2n) is 4.02. The van der Waals surface area contributed by atoms with Crippen molar-refractivity contribution in [2.24, 2.45) is 17.8 Å². The third kappa shape index (κ3) is 1.11. The molecule has 0 aromatic carbocycles. The predicted molar refractivity (Wildman–Crippen MR) is 48.1 cm³/mol. The standard InChI is InChI=1S/C9H17P/c10-6-7-4-8-2-1-3-9(8)5-7/h7-9H,1-6,10H2. The van der Waals surface area contributed by atoms with Crippen molar-refractivity contribution < 1.29 is 0 Å². The van der Waals surface area contributed by atoms with Crippen molar-refractivity contribution in [2.75, 3.05) is 6.16 Å². The van der Waals surface area contributed by atoms with Crippen LogP contribution in [-0.4, -0.2) is 6.16 Å². The number of hydrogen-bond donors (Lipinski definition) is 0. The first kappa shape index (κ1) is 7.10. The van der Waals surface area contributed by atoms with Crippen LogP contribution < -0.4 is 0 Å². The molecule has 0 nitrogen and oxygen atoms in total. The summed E-state index contributed by atoms with van der Waals surface area (Å²) in [4.78, 5) is 0. The Morgan fingerprint density at radius 2 is 1.70 bits per heavy atom. The van der Waals surface area contributed by atoms with Gasteiger partial charge in [0.25, 0.3) is 0 Å². The van der Waals surface area contributed by atoms with Crippen LogP contribution in [0.3, 0.4) is 0 Å². The molecule has 0 aromatic heterocycles. The molecule has 0 spiro atoms. The molecule has 0 amide bonds. The smallest absolute Gasteiger partial charge is 0.0352 e. The zero-order valence-electron chi connectivity index (χ0n) is 6.55. The summed E-state index contributed by atoms with van der Waals surface area (Å²) in [6.07, 6.45) is 9.08. The van der Waals surface area contributed by atoms with Gasteiger partial charge in [-0.25, -0.2) is 0 Å². The maximum atomic E-state index is 2.90. The van der Waals surface area contributed by atoms with Gasteiger partial charge >= 0.3 is 0 Å². The maximum absolute atomic E-state index is 2.90. The molecule has 2 rings (SSSR count). The molecule has 2 saturated carbocycles. The molecule has 10 heavy (non-hydrogen) atoms. The lowest BCUT2D eigenvalue weighted by Crippen LogP contribution is -1.95. The normalized spacial score (nSPS) is 45.9. The van der Waals surface area contributed by atoms with Crippen LogP contribution in [0.25, 0.3) is 0 Å². The Balaban J connectivity index is 1.94. The molecule has 0 aromatic rings. The highest BCUT2D eigenvalue weighted by atomic mass is 31.0. The second-order valence-corrected chi connectivity index (χ2v) is 4.50. The zero-order chi connectivity index (χ0) is 6.97. The van der Waals surface area contributed by atoms with Gasteiger partial charge in [-0.3, -0.25) is 0 Å². The number of hydrogen-bond acceptors (Lipinski definition) is 0. The maximum Gasteiger partial charge on any atom is -0.0352 e. The molecule has 58 valence electrons. The van der Waals surface area contributed by atoms with Crippen LogP contribution in [0.2, 0.25) is 0 Å². The Hall–Kier alpha value is 0.430. The third-order valence-corrected chi connectivity index (χ3v) is 4.09. The van der Waals surface area contributed by atoms with E-state index in [1.807, 2.05) is 0 Å². The van der Waals surface area contributed by atoms with Crippen molar-refractivity contribution in [3.63, 3.8) is 0 Å². The van der Waals surface area contributed by atoms with E-state index in [-0.39, 0.29) is 0 Å². The molecule has 0 N–H and O–H groups in total. The van der Waals surface area contributed by atoms with Crippen LogP contribution in [0.1, 0.15) is 32.1 Å². The molecule has 3 atom stereocenters. The van der Waals surface area contributed by atoms with Crippen LogP contribution in [0, 0.1) is 17.8 Å². The highest BCUT2D eigenvalue weighted by molar-refractivity contribution is 7.16. The van der Waals surface area contributed by atoms with Crippen molar-refractivity contribution >= 4 is 9.24 Å². The Labute approximate surface area is 66.0 Å². The van der Waals surface area contributed by atoms with Crippen LogP contribution in [-0.2, 0) is 0 Å². The molecular formula is C9H17P. The summed E-state index contributed by atoms with van der Waals surface area (Å²) < 4.78 is 0. The van der Waals surface area contributed by atoms with Crippen molar-refractivity contribution in [1.29, 1.82) is 0 Å². The lowest BCUT2D eigenvalue weighted by Gasteiger charge is -2.04. The van der Waals surface area contributed by atoms with Crippen LogP contribution in [0.5, 0.6) is 0 Å². The van der Waals surface area contributed by atoms with Crippen molar-refractivity contribution in [2.45, 2.75) is 32.1 Å². The summed E-state index contributed by atoms with van der Waals surface area (Å²) in [6, 6.07) is 0. The summed E-state index contributed by atoms with van der Waals surface area (Å²) in [6.45, 7) is 0. The van der Waals surface area contributed by atoms with Crippen molar-refractivity contribution in [1.82, 2.24) is 0 Å². The van der Waals surface area contributed by atoms with E-state index in [4.69, 9.17) is 0 Å². The minimum absolute atomic E-state index is 1.07. The van der Waals surface area contributed by atoms with E-state index in [1.165, 1.54) is 12.6 Å². The quantitative estimate of drug-likeness (QED) is 0.512.